The van der Waals surface area contributed by atoms with E-state index < -0.39 is 9.05 Å². The Morgan fingerprint density at radius 3 is 0.833 bits per heavy atom. The van der Waals surface area contributed by atoms with Gasteiger partial charge in [-0.15, -0.1) is 0 Å². The normalized spacial score (nSPS) is 10.0. The standard InChI is InChI=1S/O4Si.Sb/c1-5(2,3)4;/q-4;. The predicted molar refractivity (Wildman–Crippen MR) is 11.5 cm³/mol. The summed E-state index contributed by atoms with van der Waals surface area (Å²) in [6.45, 7) is 0. The Morgan fingerprint density at radius 1 is 0.833 bits per heavy atom. The molecule has 0 unspecified atom stereocenters. The summed E-state index contributed by atoms with van der Waals surface area (Å²) in [6.07, 6.45) is 0. The van der Waals surface area contributed by atoms with Gasteiger partial charge in [-0.3, -0.25) is 0 Å². The van der Waals surface area contributed by atoms with Crippen molar-refractivity contribution < 1.29 is 19.2 Å². The van der Waals surface area contributed by atoms with Crippen LogP contribution in [-0.2, 0) is 0 Å². The molecule has 0 aromatic heterocycles. The van der Waals surface area contributed by atoms with Crippen LogP contribution in [0.5, 0.6) is 0 Å². The third-order valence-corrected chi connectivity index (χ3v) is 0. The second-order valence-electron chi connectivity index (χ2n) is 0.500. The fourth-order valence-electron chi connectivity index (χ4n) is 0. The van der Waals surface area contributed by atoms with Crippen molar-refractivity contribution in [3.05, 3.63) is 0 Å². The maximum atomic E-state index is 8.58. The van der Waals surface area contributed by atoms with Crippen LogP contribution in [0.1, 0.15) is 0 Å². The second-order valence-corrected chi connectivity index (χ2v) is 1.50. The molecule has 0 rings (SSSR count). The molecule has 6 heteroatoms. The van der Waals surface area contributed by atoms with Gasteiger partial charge in [-0.2, -0.15) is 0 Å². The van der Waals surface area contributed by atoms with E-state index in [0.717, 1.165) is 0 Å². The Morgan fingerprint density at radius 2 is 0.833 bits per heavy atom. The Balaban J connectivity index is 0. The van der Waals surface area contributed by atoms with Crippen LogP contribution >= 0.6 is 0 Å². The Hall–Kier alpha value is 0.875. The van der Waals surface area contributed by atoms with Crippen LogP contribution in [0.4, 0.5) is 0 Å². The quantitative estimate of drug-likeness (QED) is 0.376. The minimum atomic E-state index is -5.61. The van der Waals surface area contributed by atoms with Crippen molar-refractivity contribution in [2.24, 2.45) is 0 Å². The summed E-state index contributed by atoms with van der Waals surface area (Å²) < 4.78 is 0. The zero-order valence-electron chi connectivity index (χ0n) is 2.58. The van der Waals surface area contributed by atoms with Crippen molar-refractivity contribution in [2.75, 3.05) is 0 Å². The van der Waals surface area contributed by atoms with Crippen molar-refractivity contribution in [1.82, 2.24) is 0 Å². The van der Waals surface area contributed by atoms with Gasteiger partial charge < -0.3 is 28.2 Å². The van der Waals surface area contributed by atoms with Crippen LogP contribution in [0.2, 0.25) is 0 Å². The van der Waals surface area contributed by atoms with Gasteiger partial charge >= 0.3 is 0 Å². The Labute approximate surface area is 53.0 Å². The molecule has 0 fully saturated rings. The molecule has 0 aliphatic rings. The minimum absolute atomic E-state index is 0. The zero-order valence-corrected chi connectivity index (χ0v) is 6.13. The van der Waals surface area contributed by atoms with E-state index in [1.165, 1.54) is 0 Å². The van der Waals surface area contributed by atoms with E-state index in [1.54, 1.807) is 0 Å². The average Bonchev–Trinajstić information content (AvgIpc) is 0.722. The number of hydrogen-bond donors (Lipinski definition) is 0. The SMILES string of the molecule is [O-][Si]([O-])([O-])[O-].[Sb]. The number of rotatable bonds is 0. The first kappa shape index (κ1) is 9.98. The van der Waals surface area contributed by atoms with Crippen LogP contribution in [-0.4, -0.2) is 33.5 Å². The smallest absolute Gasteiger partial charge is 0 e. The van der Waals surface area contributed by atoms with Crippen molar-refractivity contribution in [3.8, 4) is 0 Å². The van der Waals surface area contributed by atoms with Gasteiger partial charge in [0.1, 0.15) is 0 Å². The van der Waals surface area contributed by atoms with Gasteiger partial charge in [0.05, 0.1) is 0 Å². The molecule has 0 spiro atoms. The van der Waals surface area contributed by atoms with Gasteiger partial charge in [0, 0.05) is 24.4 Å². The topological polar surface area (TPSA) is 92.2 Å². The van der Waals surface area contributed by atoms with Crippen LogP contribution < -0.4 is 19.2 Å². The molecule has 3 radical (unpaired) electrons. The van der Waals surface area contributed by atoms with Crippen molar-refractivity contribution in [1.29, 1.82) is 0 Å². The fourth-order valence-corrected chi connectivity index (χ4v) is 0. The molecule has 0 aromatic carbocycles. The van der Waals surface area contributed by atoms with Crippen LogP contribution in [0, 0.1) is 0 Å². The summed E-state index contributed by atoms with van der Waals surface area (Å²) in [5.41, 5.74) is 0. The summed E-state index contributed by atoms with van der Waals surface area (Å²) in [5, 5.41) is 0. The molecule has 0 saturated heterocycles. The van der Waals surface area contributed by atoms with Crippen molar-refractivity contribution in [3.63, 3.8) is 0 Å². The molecule has 0 aliphatic carbocycles. The summed E-state index contributed by atoms with van der Waals surface area (Å²) >= 11 is 0. The van der Waals surface area contributed by atoms with Crippen LogP contribution in [0.15, 0.2) is 0 Å². The molecular weight excluding hydrogens is 214 g/mol. The molecule has 0 aromatic rings. The van der Waals surface area contributed by atoms with E-state index in [1.807, 2.05) is 0 Å². The van der Waals surface area contributed by atoms with Gasteiger partial charge in [-0.1, -0.05) is 0 Å². The molecule has 0 bridgehead atoms. The summed E-state index contributed by atoms with van der Waals surface area (Å²) in [4.78, 5) is 34.3. The first-order valence-electron chi connectivity index (χ1n) is 0.816. The predicted octanol–water partition coefficient (Wildman–Crippen LogP) is -5.52. The van der Waals surface area contributed by atoms with E-state index in [4.69, 9.17) is 19.2 Å². The van der Waals surface area contributed by atoms with E-state index in [2.05, 4.69) is 0 Å². The molecule has 0 heterocycles. The first-order chi connectivity index (χ1) is 2.00. The van der Waals surface area contributed by atoms with E-state index in [-0.39, 0.29) is 24.4 Å². The van der Waals surface area contributed by atoms with Crippen LogP contribution in [0.3, 0.4) is 0 Å². The zero-order chi connectivity index (χ0) is 4.50. The molecule has 6 heavy (non-hydrogen) atoms. The maximum absolute atomic E-state index is 8.58. The van der Waals surface area contributed by atoms with Crippen molar-refractivity contribution >= 4 is 33.5 Å². The molecular formula is O4SbSi-4. The average molecular weight is 214 g/mol. The molecule has 37 valence electrons. The third kappa shape index (κ3) is 95.6. The van der Waals surface area contributed by atoms with Gasteiger partial charge in [-0.05, 0) is 0 Å². The molecule has 0 aliphatic heterocycles. The van der Waals surface area contributed by atoms with Gasteiger partial charge in [0.2, 0.25) is 0 Å². The van der Waals surface area contributed by atoms with Crippen molar-refractivity contribution in [2.45, 2.75) is 0 Å². The monoisotopic (exact) mass is 213 g/mol. The molecule has 0 N–H and O–H groups in total. The molecule has 0 atom stereocenters. The van der Waals surface area contributed by atoms with Gasteiger partial charge in [-0.25, -0.2) is 0 Å². The largest absolute Gasteiger partial charge is 0.894 e. The summed E-state index contributed by atoms with van der Waals surface area (Å²) in [7, 11) is -5.61. The second kappa shape index (κ2) is 2.95. The number of hydrogen-bond acceptors (Lipinski definition) is 4. The van der Waals surface area contributed by atoms with E-state index in [0.29, 0.717) is 0 Å². The maximum Gasteiger partial charge on any atom is 0 e. The summed E-state index contributed by atoms with van der Waals surface area (Å²) in [6, 6.07) is 0. The first-order valence-corrected chi connectivity index (χ1v) is 2.45. The third-order valence-electron chi connectivity index (χ3n) is 0. The van der Waals surface area contributed by atoms with Crippen LogP contribution in [0.25, 0.3) is 0 Å². The van der Waals surface area contributed by atoms with Gasteiger partial charge in [0.15, 0.2) is 0 Å². The minimum Gasteiger partial charge on any atom is -0.894 e. The van der Waals surface area contributed by atoms with Gasteiger partial charge in [0.25, 0.3) is 0 Å². The fraction of sp³-hybridized carbons (Fsp3) is 0. The molecule has 0 saturated carbocycles. The molecule has 4 nitrogen and oxygen atoms in total. The Kier molecular flexibility index (Phi) is 4.92. The molecule has 0 amide bonds. The Bertz CT molecular complexity index is 23.0. The van der Waals surface area contributed by atoms with E-state index in [9.17, 15) is 0 Å². The van der Waals surface area contributed by atoms with E-state index >= 15 is 0 Å². The summed E-state index contributed by atoms with van der Waals surface area (Å²) in [5.74, 6) is 0.